The second-order valence-electron chi connectivity index (χ2n) is 7.00. The number of nitrogens with zero attached hydrogens (tertiary/aromatic N) is 1. The summed E-state index contributed by atoms with van der Waals surface area (Å²) >= 11 is 0. The van der Waals surface area contributed by atoms with Gasteiger partial charge in [-0.1, -0.05) is 67.6 Å². The van der Waals surface area contributed by atoms with Crippen molar-refractivity contribution in [2.24, 2.45) is 5.41 Å². The zero-order valence-corrected chi connectivity index (χ0v) is 15.9. The Bertz CT molecular complexity index is 803. The molecule has 1 saturated heterocycles. The number of rotatable bonds is 4. The molecular formula is C21H23ClN2O3. The average molecular weight is 387 g/mol. The molecule has 0 amide bonds. The van der Waals surface area contributed by atoms with Crippen LogP contribution < -0.4 is 0 Å². The van der Waals surface area contributed by atoms with E-state index in [-0.39, 0.29) is 24.4 Å². The van der Waals surface area contributed by atoms with Crippen LogP contribution in [0.2, 0.25) is 0 Å². The lowest BCUT2D eigenvalue weighted by Gasteiger charge is -2.35. The largest absolute Gasteiger partial charge is 0.396 e. The Balaban J connectivity index is 0.00000210. The number of aromatic nitrogens is 2. The van der Waals surface area contributed by atoms with Crippen LogP contribution in [0.5, 0.6) is 0 Å². The number of aliphatic hydroxyl groups excluding tert-OH is 1. The third-order valence-electron chi connectivity index (χ3n) is 4.60. The normalized spacial score (nSPS) is 22.2. The first-order valence-electron chi connectivity index (χ1n) is 8.73. The third kappa shape index (κ3) is 4.06. The molecule has 0 unspecified atom stereocenters. The highest BCUT2D eigenvalue weighted by molar-refractivity contribution is 5.85. The van der Waals surface area contributed by atoms with Gasteiger partial charge in [-0.3, -0.25) is 0 Å². The molecule has 142 valence electrons. The minimum atomic E-state index is -0.561. The zero-order valence-electron chi connectivity index (χ0n) is 15.1. The molecule has 0 spiro atoms. The van der Waals surface area contributed by atoms with Crippen LogP contribution in [0.1, 0.15) is 19.0 Å². The first kappa shape index (κ1) is 19.6. The molecule has 0 aliphatic carbocycles. The molecule has 1 aliphatic heterocycles. The fourth-order valence-corrected chi connectivity index (χ4v) is 3.01. The van der Waals surface area contributed by atoms with Gasteiger partial charge in [-0.25, -0.2) is 4.98 Å². The van der Waals surface area contributed by atoms with Crippen LogP contribution in [0.25, 0.3) is 22.5 Å². The molecule has 0 saturated carbocycles. The van der Waals surface area contributed by atoms with Gasteiger partial charge in [-0.15, -0.1) is 12.4 Å². The fourth-order valence-electron chi connectivity index (χ4n) is 3.01. The summed E-state index contributed by atoms with van der Waals surface area (Å²) in [6.07, 6.45) is -0.561. The topological polar surface area (TPSA) is 67.4 Å². The summed E-state index contributed by atoms with van der Waals surface area (Å²) in [4.78, 5) is 8.17. The average Bonchev–Trinajstić information content (AvgIpc) is 3.15. The molecule has 27 heavy (non-hydrogen) atoms. The van der Waals surface area contributed by atoms with Crippen LogP contribution in [-0.4, -0.2) is 34.9 Å². The van der Waals surface area contributed by atoms with Crippen molar-refractivity contribution < 1.29 is 14.6 Å². The summed E-state index contributed by atoms with van der Waals surface area (Å²) in [7, 11) is 0. The van der Waals surface area contributed by atoms with Gasteiger partial charge in [-0.2, -0.15) is 0 Å². The van der Waals surface area contributed by atoms with Gasteiger partial charge in [0, 0.05) is 16.5 Å². The van der Waals surface area contributed by atoms with Crippen molar-refractivity contribution in [3.05, 3.63) is 66.5 Å². The lowest BCUT2D eigenvalue weighted by molar-refractivity contribution is -0.239. The highest BCUT2D eigenvalue weighted by Crippen LogP contribution is 2.35. The van der Waals surface area contributed by atoms with Crippen molar-refractivity contribution in [1.29, 1.82) is 0 Å². The number of aromatic amines is 1. The molecule has 1 fully saturated rings. The van der Waals surface area contributed by atoms with E-state index in [2.05, 4.69) is 17.1 Å². The highest BCUT2D eigenvalue weighted by Gasteiger charge is 2.34. The van der Waals surface area contributed by atoms with Gasteiger partial charge in [0.25, 0.3) is 0 Å². The summed E-state index contributed by atoms with van der Waals surface area (Å²) in [5.41, 5.74) is 3.53. The minimum absolute atomic E-state index is 0. The number of hydrogen-bond donors (Lipinski definition) is 2. The maximum atomic E-state index is 9.47. The molecular weight excluding hydrogens is 364 g/mol. The van der Waals surface area contributed by atoms with E-state index < -0.39 is 6.29 Å². The molecule has 2 aromatic carbocycles. The van der Waals surface area contributed by atoms with Crippen molar-refractivity contribution in [2.75, 3.05) is 19.8 Å². The number of imidazole rings is 1. The van der Waals surface area contributed by atoms with Crippen LogP contribution in [0, 0.1) is 5.41 Å². The molecule has 2 heterocycles. The van der Waals surface area contributed by atoms with Gasteiger partial charge >= 0.3 is 0 Å². The fraction of sp³-hybridized carbons (Fsp3) is 0.286. The van der Waals surface area contributed by atoms with E-state index in [1.165, 1.54) is 0 Å². The Morgan fingerprint density at radius 2 is 1.56 bits per heavy atom. The van der Waals surface area contributed by atoms with E-state index in [1.807, 2.05) is 55.5 Å². The predicted octanol–water partition coefficient (Wildman–Crippen LogP) is 4.21. The number of nitrogens with one attached hydrogen (secondary N) is 1. The summed E-state index contributed by atoms with van der Waals surface area (Å²) in [6.45, 7) is 2.82. The quantitative estimate of drug-likeness (QED) is 0.704. The van der Waals surface area contributed by atoms with Crippen LogP contribution in [0.4, 0.5) is 0 Å². The molecule has 1 aliphatic rings. The van der Waals surface area contributed by atoms with Gasteiger partial charge in [-0.05, 0) is 0 Å². The summed E-state index contributed by atoms with van der Waals surface area (Å²) in [6, 6.07) is 20.2. The smallest absolute Gasteiger partial charge is 0.217 e. The third-order valence-corrected chi connectivity index (χ3v) is 4.60. The van der Waals surface area contributed by atoms with E-state index in [4.69, 9.17) is 14.5 Å². The first-order chi connectivity index (χ1) is 12.7. The van der Waals surface area contributed by atoms with Crippen LogP contribution in [0.15, 0.2) is 60.7 Å². The molecule has 2 N–H and O–H groups in total. The lowest BCUT2D eigenvalue weighted by atomic mass is 9.94. The molecule has 6 heteroatoms. The number of ether oxygens (including phenoxy) is 2. The van der Waals surface area contributed by atoms with Crippen molar-refractivity contribution in [3.63, 3.8) is 0 Å². The SMILES string of the molecule is C[C@]1(CO)CO[C@@H](c2nc(-c3ccccc3)c(-c3ccccc3)[nH]2)OC1.Cl. The van der Waals surface area contributed by atoms with Gasteiger partial charge in [0.2, 0.25) is 6.29 Å². The van der Waals surface area contributed by atoms with Crippen molar-refractivity contribution >= 4 is 12.4 Å². The monoisotopic (exact) mass is 386 g/mol. The summed E-state index contributed by atoms with van der Waals surface area (Å²) in [5.74, 6) is 0.641. The standard InChI is InChI=1S/C21H22N2O3.ClH/c1-21(12-24)13-25-20(26-14-21)19-22-17(15-8-4-2-5-9-15)18(23-19)16-10-6-3-7-11-16;/h2-11,20,24H,12-14H2,1H3,(H,22,23);1H/t20-,21+;. The molecule has 0 bridgehead atoms. The van der Waals surface area contributed by atoms with Gasteiger partial charge in [0.1, 0.15) is 0 Å². The van der Waals surface area contributed by atoms with Crippen molar-refractivity contribution in [2.45, 2.75) is 13.2 Å². The van der Waals surface area contributed by atoms with Crippen molar-refractivity contribution in [3.8, 4) is 22.5 Å². The van der Waals surface area contributed by atoms with Gasteiger partial charge in [0.15, 0.2) is 5.82 Å². The van der Waals surface area contributed by atoms with E-state index in [9.17, 15) is 5.11 Å². The number of halogens is 1. The maximum absolute atomic E-state index is 9.47. The molecule has 0 radical (unpaired) electrons. The maximum Gasteiger partial charge on any atom is 0.217 e. The predicted molar refractivity (Wildman–Crippen MR) is 107 cm³/mol. The lowest BCUT2D eigenvalue weighted by Crippen LogP contribution is -2.39. The molecule has 3 aromatic rings. The summed E-state index contributed by atoms with van der Waals surface area (Å²) in [5, 5.41) is 9.47. The number of H-pyrrole nitrogens is 1. The molecule has 0 atom stereocenters. The van der Waals surface area contributed by atoms with Gasteiger partial charge < -0.3 is 19.6 Å². The minimum Gasteiger partial charge on any atom is -0.396 e. The number of hydrogen-bond acceptors (Lipinski definition) is 4. The van der Waals surface area contributed by atoms with Gasteiger partial charge in [0.05, 0.1) is 31.2 Å². The second-order valence-corrected chi connectivity index (χ2v) is 7.00. The van der Waals surface area contributed by atoms with Crippen molar-refractivity contribution in [1.82, 2.24) is 9.97 Å². The van der Waals surface area contributed by atoms with Crippen LogP contribution in [-0.2, 0) is 9.47 Å². The Kier molecular flexibility index (Phi) is 5.97. The van der Waals surface area contributed by atoms with E-state index >= 15 is 0 Å². The molecule has 1 aromatic heterocycles. The van der Waals surface area contributed by atoms with Crippen LogP contribution >= 0.6 is 12.4 Å². The van der Waals surface area contributed by atoms with E-state index in [0.717, 1.165) is 22.5 Å². The Morgan fingerprint density at radius 3 is 2.11 bits per heavy atom. The Morgan fingerprint density at radius 1 is 1.00 bits per heavy atom. The Hall–Kier alpha value is -2.18. The second kappa shape index (κ2) is 8.23. The van der Waals surface area contributed by atoms with E-state index in [1.54, 1.807) is 0 Å². The molecule has 4 rings (SSSR count). The van der Waals surface area contributed by atoms with Crippen LogP contribution in [0.3, 0.4) is 0 Å². The molecule has 5 nitrogen and oxygen atoms in total. The number of benzene rings is 2. The Labute approximate surface area is 164 Å². The summed E-state index contributed by atoms with van der Waals surface area (Å²) < 4.78 is 11.7. The zero-order chi connectivity index (χ0) is 18.0. The number of aliphatic hydroxyl groups is 1. The first-order valence-corrected chi connectivity index (χ1v) is 8.73. The van der Waals surface area contributed by atoms with E-state index in [0.29, 0.717) is 19.0 Å². The highest BCUT2D eigenvalue weighted by atomic mass is 35.5.